The van der Waals surface area contributed by atoms with Gasteiger partial charge in [0.05, 0.1) is 25.1 Å². The number of ether oxygens (including phenoxy) is 1. The number of amides is 1. The number of rotatable bonds is 5. The van der Waals surface area contributed by atoms with Gasteiger partial charge in [0.1, 0.15) is 5.82 Å². The molecular formula is C16H20FN5O2S. The van der Waals surface area contributed by atoms with E-state index in [-0.39, 0.29) is 17.9 Å². The van der Waals surface area contributed by atoms with Crippen molar-refractivity contribution in [1.82, 2.24) is 19.9 Å². The quantitative estimate of drug-likeness (QED) is 0.873. The molecule has 0 saturated carbocycles. The summed E-state index contributed by atoms with van der Waals surface area (Å²) >= 11 is 1.47. The number of thiazole rings is 1. The Kier molecular flexibility index (Phi) is 5.67. The van der Waals surface area contributed by atoms with Crippen molar-refractivity contribution < 1.29 is 13.9 Å². The van der Waals surface area contributed by atoms with Gasteiger partial charge in [0.2, 0.25) is 5.91 Å². The van der Waals surface area contributed by atoms with Crippen LogP contribution in [0.3, 0.4) is 0 Å². The van der Waals surface area contributed by atoms with Crippen LogP contribution in [0.15, 0.2) is 18.6 Å². The molecule has 2 atom stereocenters. The van der Waals surface area contributed by atoms with E-state index in [2.05, 4.69) is 25.2 Å². The molecule has 134 valence electrons. The van der Waals surface area contributed by atoms with Crippen molar-refractivity contribution in [3.05, 3.63) is 35.1 Å². The van der Waals surface area contributed by atoms with Crippen LogP contribution in [0.4, 0.5) is 9.52 Å². The molecule has 1 amide bonds. The molecule has 2 aromatic heterocycles. The molecule has 3 rings (SSSR count). The van der Waals surface area contributed by atoms with Crippen LogP contribution < -0.4 is 5.32 Å². The van der Waals surface area contributed by atoms with E-state index in [9.17, 15) is 9.18 Å². The van der Waals surface area contributed by atoms with E-state index >= 15 is 0 Å². The number of anilines is 1. The van der Waals surface area contributed by atoms with E-state index in [1.807, 2.05) is 6.92 Å². The lowest BCUT2D eigenvalue weighted by Crippen LogP contribution is -2.44. The summed E-state index contributed by atoms with van der Waals surface area (Å²) in [5.74, 6) is -0.0124. The van der Waals surface area contributed by atoms with Crippen LogP contribution in [0.1, 0.15) is 30.5 Å². The van der Waals surface area contributed by atoms with Crippen molar-refractivity contribution in [2.75, 3.05) is 25.0 Å². The average Bonchev–Trinajstić information content (AvgIpc) is 3.01. The molecule has 1 fully saturated rings. The number of morpholine rings is 1. The second kappa shape index (κ2) is 7.94. The van der Waals surface area contributed by atoms with Crippen LogP contribution in [-0.2, 0) is 16.1 Å². The Morgan fingerprint density at radius 2 is 2.20 bits per heavy atom. The molecule has 9 heteroatoms. The topological polar surface area (TPSA) is 80.2 Å². The van der Waals surface area contributed by atoms with E-state index < -0.39 is 5.82 Å². The average molecular weight is 365 g/mol. The molecule has 1 aliphatic rings. The fourth-order valence-electron chi connectivity index (χ4n) is 2.71. The molecule has 1 saturated heterocycles. The van der Waals surface area contributed by atoms with Crippen LogP contribution in [0.25, 0.3) is 0 Å². The first-order valence-corrected chi connectivity index (χ1v) is 8.86. The predicted molar refractivity (Wildman–Crippen MR) is 91.8 cm³/mol. The number of hydrogen-bond acceptors (Lipinski definition) is 7. The summed E-state index contributed by atoms with van der Waals surface area (Å²) in [5, 5.41) is 3.31. The summed E-state index contributed by atoms with van der Waals surface area (Å²) in [4.78, 5) is 26.8. The van der Waals surface area contributed by atoms with Gasteiger partial charge in [-0.25, -0.2) is 19.3 Å². The van der Waals surface area contributed by atoms with Crippen LogP contribution in [0, 0.1) is 5.82 Å². The summed E-state index contributed by atoms with van der Waals surface area (Å²) in [7, 11) is 0. The van der Waals surface area contributed by atoms with Crippen molar-refractivity contribution in [3.8, 4) is 0 Å². The second-order valence-corrected chi connectivity index (χ2v) is 7.12. The third-order valence-corrected chi connectivity index (χ3v) is 4.90. The lowest BCUT2D eigenvalue weighted by molar-refractivity contribution is -0.114. The zero-order valence-corrected chi connectivity index (χ0v) is 14.9. The third-order valence-electron chi connectivity index (χ3n) is 4.00. The highest BCUT2D eigenvalue weighted by Gasteiger charge is 2.28. The molecule has 7 nitrogen and oxygen atoms in total. The lowest BCUT2D eigenvalue weighted by atomic mass is 10.0. The van der Waals surface area contributed by atoms with Crippen LogP contribution in [0.2, 0.25) is 0 Å². The largest absolute Gasteiger partial charge is 0.375 e. The Hall–Kier alpha value is -1.97. The summed E-state index contributed by atoms with van der Waals surface area (Å²) in [6, 6.07) is 0. The van der Waals surface area contributed by atoms with E-state index in [0.717, 1.165) is 24.5 Å². The predicted octanol–water partition coefficient (Wildman–Crippen LogP) is 2.04. The first kappa shape index (κ1) is 17.8. The van der Waals surface area contributed by atoms with Gasteiger partial charge in [0, 0.05) is 43.5 Å². The fourth-order valence-corrected chi connectivity index (χ4v) is 3.61. The highest BCUT2D eigenvalue weighted by Crippen LogP contribution is 2.24. The number of carbonyl (C=O) groups is 1. The van der Waals surface area contributed by atoms with Gasteiger partial charge >= 0.3 is 0 Å². The normalized spacial score (nSPS) is 19.6. The van der Waals surface area contributed by atoms with Gasteiger partial charge in [-0.15, -0.1) is 11.3 Å². The Balaban J connectivity index is 1.60. The molecule has 3 heterocycles. The van der Waals surface area contributed by atoms with Gasteiger partial charge in [-0.05, 0) is 0 Å². The monoisotopic (exact) mass is 365 g/mol. The molecular weight excluding hydrogens is 345 g/mol. The molecule has 0 bridgehead atoms. The van der Waals surface area contributed by atoms with E-state index in [0.29, 0.717) is 17.6 Å². The lowest BCUT2D eigenvalue weighted by Gasteiger charge is -2.35. The third kappa shape index (κ3) is 4.77. The molecule has 1 N–H and O–H groups in total. The number of carbonyl (C=O) groups excluding carboxylic acids is 1. The zero-order chi connectivity index (χ0) is 17.8. The molecule has 0 spiro atoms. The van der Waals surface area contributed by atoms with Crippen LogP contribution in [0.5, 0.6) is 0 Å². The minimum Gasteiger partial charge on any atom is -0.375 e. The molecule has 25 heavy (non-hydrogen) atoms. The van der Waals surface area contributed by atoms with Crippen molar-refractivity contribution in [1.29, 1.82) is 0 Å². The Morgan fingerprint density at radius 1 is 1.44 bits per heavy atom. The number of nitrogens with one attached hydrogen (secondary N) is 1. The Bertz CT molecular complexity index is 724. The molecule has 2 unspecified atom stereocenters. The van der Waals surface area contributed by atoms with E-state index in [1.54, 1.807) is 6.20 Å². The highest BCUT2D eigenvalue weighted by molar-refractivity contribution is 7.15. The summed E-state index contributed by atoms with van der Waals surface area (Å²) in [5.41, 5.74) is 0. The van der Waals surface area contributed by atoms with Crippen molar-refractivity contribution >= 4 is 22.4 Å². The van der Waals surface area contributed by atoms with E-state index in [4.69, 9.17) is 4.74 Å². The number of aromatic nitrogens is 3. The standard InChI is InChI=1S/C16H20FN5O2S/c1-10(15-18-5-12(17)6-19-15)14-9-22(3-4-24-14)8-13-7-20-16(25-13)21-11(2)23/h5-7,10,14H,3-4,8-9H2,1-2H3,(H,20,21,23). The molecule has 0 aliphatic carbocycles. The highest BCUT2D eigenvalue weighted by atomic mass is 32.1. The van der Waals surface area contributed by atoms with Gasteiger partial charge in [0.25, 0.3) is 0 Å². The maximum Gasteiger partial charge on any atom is 0.223 e. The fraction of sp³-hybridized carbons (Fsp3) is 0.500. The summed E-state index contributed by atoms with van der Waals surface area (Å²) in [6.45, 7) is 6.37. The minimum atomic E-state index is -0.442. The van der Waals surface area contributed by atoms with Gasteiger partial charge < -0.3 is 10.1 Å². The van der Waals surface area contributed by atoms with Crippen molar-refractivity contribution in [2.24, 2.45) is 0 Å². The van der Waals surface area contributed by atoms with Crippen molar-refractivity contribution in [2.45, 2.75) is 32.4 Å². The number of halogens is 1. The second-order valence-electron chi connectivity index (χ2n) is 6.01. The first-order valence-electron chi connectivity index (χ1n) is 8.05. The number of hydrogen-bond donors (Lipinski definition) is 1. The molecule has 2 aromatic rings. The maximum atomic E-state index is 13.0. The van der Waals surface area contributed by atoms with E-state index in [1.165, 1.54) is 30.7 Å². The number of nitrogens with zero attached hydrogens (tertiary/aromatic N) is 4. The summed E-state index contributed by atoms with van der Waals surface area (Å²) in [6.07, 6.45) is 4.09. The van der Waals surface area contributed by atoms with Gasteiger partial charge in [-0.1, -0.05) is 6.92 Å². The maximum absolute atomic E-state index is 13.0. The van der Waals surface area contributed by atoms with Crippen molar-refractivity contribution in [3.63, 3.8) is 0 Å². The SMILES string of the molecule is CC(=O)Nc1ncc(CN2CCOC(C(C)c3ncc(F)cn3)C2)s1. The molecule has 0 aromatic carbocycles. The van der Waals surface area contributed by atoms with Crippen LogP contribution >= 0.6 is 11.3 Å². The Labute approximate surface area is 149 Å². The minimum absolute atomic E-state index is 0.0280. The Morgan fingerprint density at radius 3 is 2.92 bits per heavy atom. The molecule has 0 radical (unpaired) electrons. The van der Waals surface area contributed by atoms with Gasteiger partial charge in [-0.2, -0.15) is 0 Å². The summed E-state index contributed by atoms with van der Waals surface area (Å²) < 4.78 is 18.8. The molecule has 1 aliphatic heterocycles. The van der Waals surface area contributed by atoms with Gasteiger partial charge in [-0.3, -0.25) is 9.69 Å². The van der Waals surface area contributed by atoms with Crippen LogP contribution in [-0.4, -0.2) is 51.6 Å². The first-order chi connectivity index (χ1) is 12.0. The zero-order valence-electron chi connectivity index (χ0n) is 14.1. The van der Waals surface area contributed by atoms with Gasteiger partial charge in [0.15, 0.2) is 10.9 Å². The smallest absolute Gasteiger partial charge is 0.223 e.